The van der Waals surface area contributed by atoms with Gasteiger partial charge in [0.2, 0.25) is 0 Å². The first-order chi connectivity index (χ1) is 17.4. The van der Waals surface area contributed by atoms with Crippen LogP contribution in [0, 0.1) is 0 Å². The molecule has 0 fully saturated rings. The summed E-state index contributed by atoms with van der Waals surface area (Å²) in [6, 6.07) is 20.2. The molecule has 2 atom stereocenters. The van der Waals surface area contributed by atoms with E-state index in [0.717, 1.165) is 10.4 Å². The third kappa shape index (κ3) is 6.62. The van der Waals surface area contributed by atoms with Crippen molar-refractivity contribution in [2.75, 3.05) is 6.61 Å². The van der Waals surface area contributed by atoms with E-state index in [1.54, 1.807) is 6.92 Å². The molecule has 0 aliphatic rings. The van der Waals surface area contributed by atoms with Crippen molar-refractivity contribution in [1.82, 2.24) is 0 Å². The lowest BCUT2D eigenvalue weighted by atomic mass is 9.94. The van der Waals surface area contributed by atoms with Crippen LogP contribution in [0.5, 0.6) is 0 Å². The molecule has 5 nitrogen and oxygen atoms in total. The summed E-state index contributed by atoms with van der Waals surface area (Å²) in [5.41, 5.74) is -1.54. The monoisotopic (exact) mass is 554 g/mol. The first-order valence-electron chi connectivity index (χ1n) is 13.2. The Morgan fingerprint density at radius 1 is 0.842 bits per heavy atom. The molecule has 0 radical (unpaired) electrons. The maximum Gasteiger partial charge on any atom is 0.303 e. The van der Waals surface area contributed by atoms with Gasteiger partial charge in [-0.1, -0.05) is 109 Å². The second kappa shape index (κ2) is 11.8. The van der Waals surface area contributed by atoms with Crippen molar-refractivity contribution >= 4 is 38.8 Å². The summed E-state index contributed by atoms with van der Waals surface area (Å²) in [7, 11) is -5.43. The van der Waals surface area contributed by atoms with E-state index in [-0.39, 0.29) is 22.5 Å². The van der Waals surface area contributed by atoms with E-state index < -0.39 is 34.3 Å². The number of hydrogen-bond donors (Lipinski definition) is 0. The van der Waals surface area contributed by atoms with Crippen molar-refractivity contribution < 1.29 is 23.2 Å². The van der Waals surface area contributed by atoms with Gasteiger partial charge in [-0.2, -0.15) is 0 Å². The Balaban J connectivity index is 2.82. The number of benzene rings is 2. The topological polar surface area (TPSA) is 61.8 Å². The molecule has 0 aliphatic heterocycles. The summed E-state index contributed by atoms with van der Waals surface area (Å²) in [4.78, 5) is 26.2. The molecular weight excluding hydrogens is 509 g/mol. The van der Waals surface area contributed by atoms with Gasteiger partial charge >= 0.3 is 5.97 Å². The van der Waals surface area contributed by atoms with E-state index in [1.807, 2.05) is 36.4 Å². The Bertz CT molecular complexity index is 1060. The lowest BCUT2D eigenvalue weighted by molar-refractivity contribution is -0.166. The molecule has 7 heteroatoms. The van der Waals surface area contributed by atoms with Crippen molar-refractivity contribution in [3.05, 3.63) is 73.3 Å². The van der Waals surface area contributed by atoms with Gasteiger partial charge in [0.25, 0.3) is 8.32 Å². The van der Waals surface area contributed by atoms with Gasteiger partial charge in [0.1, 0.15) is 0 Å². The lowest BCUT2D eigenvalue weighted by Gasteiger charge is -2.49. The summed E-state index contributed by atoms with van der Waals surface area (Å²) in [6.45, 7) is 24.0. The standard InChI is InChI=1S/C31H46O5Si2/c1-12-27(33)31(9,28(35-24(2)32)23-34-37(10,11)29(3,4)5)36-38(30(6,7)8,25-19-15-13-16-20-25)26-21-17-14-18-22-26/h12-22,28H,1,23H2,2-11H3/t28-,31-/m1/s1. The fourth-order valence-corrected chi connectivity index (χ4v) is 10.3. The predicted molar refractivity (Wildman–Crippen MR) is 161 cm³/mol. The van der Waals surface area contributed by atoms with E-state index in [9.17, 15) is 9.59 Å². The SMILES string of the molecule is C=CC(=O)[C@@](C)(O[Si](c1ccccc1)(c1ccccc1)C(C)(C)C)[C@@H](CO[Si](C)(C)C(C)(C)C)OC(C)=O. The van der Waals surface area contributed by atoms with E-state index in [4.69, 9.17) is 13.6 Å². The first-order valence-corrected chi connectivity index (χ1v) is 18.0. The molecule has 2 rings (SSSR count). The predicted octanol–water partition coefficient (Wildman–Crippen LogP) is 6.03. The minimum absolute atomic E-state index is 0.0460. The first kappa shape index (κ1) is 31.9. The van der Waals surface area contributed by atoms with Crippen LogP contribution in [0.15, 0.2) is 73.3 Å². The number of carbonyl (C=O) groups is 2. The molecular formula is C31H46O5Si2. The summed E-state index contributed by atoms with van der Waals surface area (Å²) >= 11 is 0. The van der Waals surface area contributed by atoms with Crippen LogP contribution in [0.3, 0.4) is 0 Å². The van der Waals surface area contributed by atoms with Crippen LogP contribution in [0.1, 0.15) is 55.4 Å². The highest BCUT2D eigenvalue weighted by atomic mass is 28.4. The van der Waals surface area contributed by atoms with E-state index in [1.165, 1.54) is 13.0 Å². The minimum atomic E-state index is -3.19. The Kier molecular flexibility index (Phi) is 9.92. The molecule has 0 unspecified atom stereocenters. The Hall–Kier alpha value is -2.33. The van der Waals surface area contributed by atoms with Gasteiger partial charge < -0.3 is 13.6 Å². The number of ketones is 1. The minimum Gasteiger partial charge on any atom is -0.457 e. The van der Waals surface area contributed by atoms with Gasteiger partial charge in [0.15, 0.2) is 25.8 Å². The van der Waals surface area contributed by atoms with Crippen LogP contribution in [-0.2, 0) is 23.2 Å². The van der Waals surface area contributed by atoms with Crippen molar-refractivity contribution in [3.63, 3.8) is 0 Å². The summed E-state index contributed by atoms with van der Waals surface area (Å²) < 4.78 is 19.7. The van der Waals surface area contributed by atoms with E-state index >= 15 is 0 Å². The number of hydrogen-bond acceptors (Lipinski definition) is 5. The Labute approximate surface area is 231 Å². The number of rotatable bonds is 11. The number of ether oxygens (including phenoxy) is 1. The van der Waals surface area contributed by atoms with Gasteiger partial charge in [-0.05, 0) is 46.5 Å². The number of esters is 1. The smallest absolute Gasteiger partial charge is 0.303 e. The highest BCUT2D eigenvalue weighted by Crippen LogP contribution is 2.42. The van der Waals surface area contributed by atoms with Crippen molar-refractivity contribution in [2.24, 2.45) is 0 Å². The fraction of sp³-hybridized carbons (Fsp3) is 0.484. The Morgan fingerprint density at radius 3 is 1.63 bits per heavy atom. The fourth-order valence-electron chi connectivity index (χ4n) is 4.45. The average molecular weight is 555 g/mol. The average Bonchev–Trinajstić information content (AvgIpc) is 2.83. The lowest BCUT2D eigenvalue weighted by Crippen LogP contribution is -2.72. The molecule has 0 aliphatic carbocycles. The van der Waals surface area contributed by atoms with Crippen molar-refractivity contribution in [1.29, 1.82) is 0 Å². The van der Waals surface area contributed by atoms with Gasteiger partial charge in [0.05, 0.1) is 6.61 Å². The molecule has 0 N–H and O–H groups in total. The molecule has 0 saturated heterocycles. The Morgan fingerprint density at radius 2 is 1.29 bits per heavy atom. The molecule has 0 spiro atoms. The van der Waals surface area contributed by atoms with Crippen LogP contribution in [0.2, 0.25) is 23.2 Å². The zero-order valence-electron chi connectivity index (χ0n) is 24.9. The van der Waals surface area contributed by atoms with Crippen LogP contribution in [0.4, 0.5) is 0 Å². The van der Waals surface area contributed by atoms with Crippen LogP contribution in [-0.4, -0.2) is 46.7 Å². The summed E-state index contributed by atoms with van der Waals surface area (Å²) in [5, 5.41) is 1.59. The highest BCUT2D eigenvalue weighted by Gasteiger charge is 2.58. The van der Waals surface area contributed by atoms with E-state index in [2.05, 4.69) is 85.5 Å². The van der Waals surface area contributed by atoms with Gasteiger partial charge in [0, 0.05) is 6.92 Å². The van der Waals surface area contributed by atoms with E-state index in [0.29, 0.717) is 0 Å². The second-order valence-corrected chi connectivity index (χ2v) is 21.6. The molecule has 0 aromatic heterocycles. The molecule has 0 heterocycles. The molecule has 208 valence electrons. The molecule has 2 aromatic carbocycles. The van der Waals surface area contributed by atoms with Gasteiger partial charge in [-0.15, -0.1) is 0 Å². The molecule has 0 amide bonds. The van der Waals surface area contributed by atoms with Crippen LogP contribution in [0.25, 0.3) is 0 Å². The largest absolute Gasteiger partial charge is 0.457 e. The van der Waals surface area contributed by atoms with Crippen LogP contribution >= 0.6 is 0 Å². The van der Waals surface area contributed by atoms with Crippen molar-refractivity contribution in [2.45, 2.75) is 90.3 Å². The third-order valence-corrected chi connectivity index (χ3v) is 17.4. The second-order valence-electron chi connectivity index (χ2n) is 12.6. The zero-order chi connectivity index (χ0) is 29.0. The van der Waals surface area contributed by atoms with Gasteiger partial charge in [-0.3, -0.25) is 9.59 Å². The quantitative estimate of drug-likeness (QED) is 0.193. The molecule has 38 heavy (non-hydrogen) atoms. The van der Waals surface area contributed by atoms with Gasteiger partial charge in [-0.25, -0.2) is 0 Å². The molecule has 0 bridgehead atoms. The zero-order valence-corrected chi connectivity index (χ0v) is 26.9. The highest BCUT2D eigenvalue weighted by molar-refractivity contribution is 6.99. The summed E-state index contributed by atoms with van der Waals surface area (Å²) in [5.74, 6) is -0.849. The summed E-state index contributed by atoms with van der Waals surface area (Å²) in [6.07, 6.45) is 0.293. The molecule has 2 aromatic rings. The number of carbonyl (C=O) groups excluding carboxylic acids is 2. The maximum atomic E-state index is 13.8. The van der Waals surface area contributed by atoms with Crippen molar-refractivity contribution in [3.8, 4) is 0 Å². The van der Waals surface area contributed by atoms with Crippen LogP contribution < -0.4 is 10.4 Å². The third-order valence-electron chi connectivity index (χ3n) is 7.78. The normalized spacial score (nSPS) is 15.3. The maximum absolute atomic E-state index is 13.8. The molecule has 0 saturated carbocycles.